The molecular weight excluding hydrogens is 465 g/mol. The maximum Gasteiger partial charge on any atom is 0.416 e. The fourth-order valence-corrected chi connectivity index (χ4v) is 5.07. The normalized spacial score (nSPS) is 15.7. The summed E-state index contributed by atoms with van der Waals surface area (Å²) in [5.41, 5.74) is 1.69. The van der Waals surface area contributed by atoms with Crippen LogP contribution in [0.1, 0.15) is 32.7 Å². The Balaban J connectivity index is 1.66. The number of hydrogen-bond donors (Lipinski definition) is 0. The number of halogens is 3. The number of fused-ring (bicyclic) bond motifs is 1. The lowest BCUT2D eigenvalue weighted by Crippen LogP contribution is -2.42. The fourth-order valence-electron chi connectivity index (χ4n) is 3.80. The van der Waals surface area contributed by atoms with Crippen LogP contribution >= 0.6 is 11.8 Å². The molecule has 34 heavy (non-hydrogen) atoms. The number of alkyl halides is 3. The highest BCUT2D eigenvalue weighted by Gasteiger charge is 2.38. The van der Waals surface area contributed by atoms with Crippen LogP contribution in [-0.2, 0) is 28.7 Å². The zero-order valence-corrected chi connectivity index (χ0v) is 19.2. The minimum absolute atomic E-state index is 0.0166. The van der Waals surface area contributed by atoms with E-state index in [1.807, 2.05) is 6.92 Å². The lowest BCUT2D eigenvalue weighted by atomic mass is 10.0. The second-order valence-electron chi connectivity index (χ2n) is 7.86. The van der Waals surface area contributed by atoms with Gasteiger partial charge in [-0.1, -0.05) is 42.1 Å². The third-order valence-corrected chi connectivity index (χ3v) is 6.69. The van der Waals surface area contributed by atoms with Crippen LogP contribution < -0.4 is 4.90 Å². The van der Waals surface area contributed by atoms with Gasteiger partial charge < -0.3 is 9.64 Å². The highest BCUT2D eigenvalue weighted by molar-refractivity contribution is 8.00. The number of aryl methyl sites for hydroxylation is 1. The standard InChI is InChI=1S/C25H21F3N2O3S/c1-15-7-12-20-22(29-15)34-21(13-16-8-10-17(11-9-16)24(32)33-2)23(31)30(20)14-18-5-3-4-6-19(18)25(26,27)28/h3-12,21H,13-14H2,1-2H3. The van der Waals surface area contributed by atoms with Crippen LogP contribution in [0.25, 0.3) is 0 Å². The van der Waals surface area contributed by atoms with Crippen LogP contribution in [0.2, 0.25) is 0 Å². The van der Waals surface area contributed by atoms with Gasteiger partial charge in [0.05, 0.1) is 35.7 Å². The molecule has 0 saturated heterocycles. The van der Waals surface area contributed by atoms with E-state index in [1.54, 1.807) is 36.4 Å². The van der Waals surface area contributed by atoms with E-state index in [0.717, 1.165) is 17.3 Å². The Hall–Kier alpha value is -3.33. The number of rotatable bonds is 5. The topological polar surface area (TPSA) is 59.5 Å². The number of esters is 1. The van der Waals surface area contributed by atoms with Gasteiger partial charge in [0.2, 0.25) is 5.91 Å². The number of carbonyl (C=O) groups excluding carboxylic acids is 2. The predicted octanol–water partition coefficient (Wildman–Crippen LogP) is 5.45. The number of ether oxygens (including phenoxy) is 1. The van der Waals surface area contributed by atoms with Gasteiger partial charge in [-0.2, -0.15) is 13.2 Å². The molecule has 1 aliphatic heterocycles. The lowest BCUT2D eigenvalue weighted by molar-refractivity contribution is -0.138. The third-order valence-electron chi connectivity index (χ3n) is 5.51. The molecule has 2 heterocycles. The Morgan fingerprint density at radius 2 is 1.79 bits per heavy atom. The molecule has 9 heteroatoms. The summed E-state index contributed by atoms with van der Waals surface area (Å²) in [5.74, 6) is -0.755. The first-order chi connectivity index (χ1) is 16.2. The van der Waals surface area contributed by atoms with Crippen molar-refractivity contribution in [3.8, 4) is 0 Å². The Labute approximate surface area is 198 Å². The third kappa shape index (κ3) is 4.94. The van der Waals surface area contributed by atoms with Crippen molar-refractivity contribution in [1.82, 2.24) is 4.98 Å². The van der Waals surface area contributed by atoms with Crippen molar-refractivity contribution >= 4 is 29.3 Å². The molecular formula is C25H21F3N2O3S. The number of benzene rings is 2. The minimum Gasteiger partial charge on any atom is -0.465 e. The van der Waals surface area contributed by atoms with Gasteiger partial charge in [0.25, 0.3) is 0 Å². The predicted molar refractivity (Wildman–Crippen MR) is 123 cm³/mol. The maximum atomic E-state index is 13.6. The number of pyridine rings is 1. The van der Waals surface area contributed by atoms with Gasteiger partial charge >= 0.3 is 12.1 Å². The minimum atomic E-state index is -4.53. The van der Waals surface area contributed by atoms with Crippen molar-refractivity contribution in [2.45, 2.75) is 36.3 Å². The summed E-state index contributed by atoms with van der Waals surface area (Å²) in [6, 6.07) is 15.4. The van der Waals surface area contributed by atoms with Crippen molar-refractivity contribution in [2.24, 2.45) is 0 Å². The average Bonchev–Trinajstić information content (AvgIpc) is 2.81. The first kappa shape index (κ1) is 23.8. The van der Waals surface area contributed by atoms with Crippen LogP contribution in [0, 0.1) is 6.92 Å². The molecule has 0 radical (unpaired) electrons. The highest BCUT2D eigenvalue weighted by atomic mass is 32.2. The van der Waals surface area contributed by atoms with Crippen molar-refractivity contribution in [3.05, 3.63) is 88.6 Å². The molecule has 4 rings (SSSR count). The number of carbonyl (C=O) groups is 2. The summed E-state index contributed by atoms with van der Waals surface area (Å²) < 4.78 is 45.4. The van der Waals surface area contributed by atoms with Crippen LogP contribution in [0.4, 0.5) is 18.9 Å². The number of aromatic nitrogens is 1. The molecule has 1 aromatic heterocycles. The molecule has 2 aromatic carbocycles. The van der Waals surface area contributed by atoms with Gasteiger partial charge in [-0.15, -0.1) is 0 Å². The number of nitrogens with zero attached hydrogens (tertiary/aromatic N) is 2. The van der Waals surface area contributed by atoms with E-state index >= 15 is 0 Å². The lowest BCUT2D eigenvalue weighted by Gasteiger charge is -2.34. The zero-order valence-electron chi connectivity index (χ0n) is 18.4. The number of methoxy groups -OCH3 is 1. The summed E-state index contributed by atoms with van der Waals surface area (Å²) in [4.78, 5) is 31.1. The number of anilines is 1. The van der Waals surface area contributed by atoms with E-state index in [1.165, 1.54) is 42.0 Å². The van der Waals surface area contributed by atoms with E-state index in [2.05, 4.69) is 4.98 Å². The molecule has 0 bridgehead atoms. The van der Waals surface area contributed by atoms with Crippen molar-refractivity contribution in [2.75, 3.05) is 12.0 Å². The van der Waals surface area contributed by atoms with Crippen LogP contribution in [-0.4, -0.2) is 29.2 Å². The Morgan fingerprint density at radius 1 is 1.09 bits per heavy atom. The van der Waals surface area contributed by atoms with Crippen molar-refractivity contribution < 1.29 is 27.5 Å². The van der Waals surface area contributed by atoms with E-state index in [9.17, 15) is 22.8 Å². The van der Waals surface area contributed by atoms with Gasteiger partial charge in [0.1, 0.15) is 5.03 Å². The van der Waals surface area contributed by atoms with Gasteiger partial charge in [0, 0.05) is 5.69 Å². The Kier molecular flexibility index (Phi) is 6.65. The Bertz CT molecular complexity index is 1230. The molecule has 176 valence electrons. The van der Waals surface area contributed by atoms with Crippen LogP contribution in [0.5, 0.6) is 0 Å². The number of hydrogen-bond acceptors (Lipinski definition) is 5. The summed E-state index contributed by atoms with van der Waals surface area (Å²) in [5, 5.41) is 0.0177. The summed E-state index contributed by atoms with van der Waals surface area (Å²) in [7, 11) is 1.30. The van der Waals surface area contributed by atoms with Gasteiger partial charge in [-0.3, -0.25) is 4.79 Å². The molecule has 0 aliphatic carbocycles. The van der Waals surface area contributed by atoms with Gasteiger partial charge in [0.15, 0.2) is 0 Å². The maximum absolute atomic E-state index is 13.6. The second kappa shape index (κ2) is 9.50. The van der Waals surface area contributed by atoms with Crippen molar-refractivity contribution in [1.29, 1.82) is 0 Å². The molecule has 1 atom stereocenters. The summed E-state index contributed by atoms with van der Waals surface area (Å²) in [6.07, 6.45) is -4.20. The molecule has 0 N–H and O–H groups in total. The highest BCUT2D eigenvalue weighted by Crippen LogP contribution is 2.41. The molecule has 0 spiro atoms. The fraction of sp³-hybridized carbons (Fsp3) is 0.240. The van der Waals surface area contributed by atoms with Crippen LogP contribution in [0.3, 0.4) is 0 Å². The SMILES string of the molecule is COC(=O)c1ccc(CC2Sc3nc(C)ccc3N(Cc3ccccc3C(F)(F)F)C2=O)cc1. The quantitative estimate of drug-likeness (QED) is 0.449. The molecule has 0 saturated carbocycles. The van der Waals surface area contributed by atoms with E-state index in [-0.39, 0.29) is 18.0 Å². The van der Waals surface area contributed by atoms with Gasteiger partial charge in [-0.05, 0) is 54.8 Å². The van der Waals surface area contributed by atoms with E-state index in [0.29, 0.717) is 22.7 Å². The molecule has 0 fully saturated rings. The number of thioether (sulfide) groups is 1. The molecule has 1 aliphatic rings. The molecule has 1 unspecified atom stereocenters. The van der Waals surface area contributed by atoms with E-state index < -0.39 is 23.0 Å². The van der Waals surface area contributed by atoms with Gasteiger partial charge in [-0.25, -0.2) is 9.78 Å². The molecule has 3 aromatic rings. The van der Waals surface area contributed by atoms with E-state index in [4.69, 9.17) is 4.74 Å². The second-order valence-corrected chi connectivity index (χ2v) is 9.05. The zero-order chi connectivity index (χ0) is 24.5. The number of amides is 1. The first-order valence-corrected chi connectivity index (χ1v) is 11.3. The largest absolute Gasteiger partial charge is 0.465 e. The Morgan fingerprint density at radius 3 is 2.47 bits per heavy atom. The molecule has 1 amide bonds. The summed E-state index contributed by atoms with van der Waals surface area (Å²) in [6.45, 7) is 1.60. The molecule has 5 nitrogen and oxygen atoms in total. The van der Waals surface area contributed by atoms with Crippen molar-refractivity contribution in [3.63, 3.8) is 0 Å². The monoisotopic (exact) mass is 486 g/mol. The summed E-state index contributed by atoms with van der Waals surface area (Å²) >= 11 is 1.30. The smallest absolute Gasteiger partial charge is 0.416 e. The van der Waals surface area contributed by atoms with Crippen LogP contribution in [0.15, 0.2) is 65.7 Å². The average molecular weight is 487 g/mol. The first-order valence-electron chi connectivity index (χ1n) is 10.5.